The SMILES string of the molecule is CC[C@@H](C)O[P+](=O)Cc1cccc([N+](=O)[O-])c1. The van der Waals surface area contributed by atoms with Crippen LogP contribution in [0.15, 0.2) is 24.3 Å². The molecule has 17 heavy (non-hydrogen) atoms. The zero-order chi connectivity index (χ0) is 12.8. The van der Waals surface area contributed by atoms with E-state index >= 15 is 0 Å². The first-order valence-corrected chi connectivity index (χ1v) is 6.74. The molecule has 0 aliphatic carbocycles. The Morgan fingerprint density at radius 3 is 2.82 bits per heavy atom. The van der Waals surface area contributed by atoms with Gasteiger partial charge in [-0.25, -0.2) is 0 Å². The number of hydrogen-bond donors (Lipinski definition) is 0. The third kappa shape index (κ3) is 4.59. The lowest BCUT2D eigenvalue weighted by atomic mass is 10.2. The van der Waals surface area contributed by atoms with Gasteiger partial charge in [-0.1, -0.05) is 19.1 Å². The van der Waals surface area contributed by atoms with Gasteiger partial charge in [-0.05, 0) is 17.9 Å². The fourth-order valence-electron chi connectivity index (χ4n) is 1.23. The topological polar surface area (TPSA) is 69.4 Å². The van der Waals surface area contributed by atoms with E-state index in [1.54, 1.807) is 12.1 Å². The van der Waals surface area contributed by atoms with Gasteiger partial charge in [0.2, 0.25) is 6.16 Å². The average Bonchev–Trinajstić information content (AvgIpc) is 2.28. The highest BCUT2D eigenvalue weighted by Gasteiger charge is 2.22. The Hall–Kier alpha value is -1.32. The smallest absolute Gasteiger partial charge is 0.258 e. The molecule has 0 radical (unpaired) electrons. The first kappa shape index (κ1) is 13.7. The third-order valence-corrected chi connectivity index (χ3v) is 3.52. The lowest BCUT2D eigenvalue weighted by molar-refractivity contribution is -0.384. The summed E-state index contributed by atoms with van der Waals surface area (Å²) in [7, 11) is -1.81. The Morgan fingerprint density at radius 2 is 2.24 bits per heavy atom. The summed E-state index contributed by atoms with van der Waals surface area (Å²) in [4.78, 5) is 10.1. The Balaban J connectivity index is 2.65. The first-order chi connectivity index (χ1) is 8.02. The van der Waals surface area contributed by atoms with Gasteiger partial charge in [0.25, 0.3) is 5.69 Å². The molecule has 0 aliphatic rings. The Labute approximate surface area is 101 Å². The highest BCUT2D eigenvalue weighted by atomic mass is 31.1. The van der Waals surface area contributed by atoms with Crippen molar-refractivity contribution >= 4 is 13.7 Å². The molecule has 0 saturated heterocycles. The third-order valence-electron chi connectivity index (χ3n) is 2.31. The van der Waals surface area contributed by atoms with Crippen LogP contribution in [0.4, 0.5) is 5.69 Å². The second-order valence-electron chi connectivity index (χ2n) is 3.74. The maximum absolute atomic E-state index is 11.6. The van der Waals surface area contributed by atoms with Crippen molar-refractivity contribution in [1.29, 1.82) is 0 Å². The standard InChI is InChI=1S/C11H15NO4P/c1-3-9(2)16-17(15)8-10-5-4-6-11(7-10)12(13)14/h4-7,9H,3,8H2,1-2H3/q+1/t9-/m1/s1. The molecule has 1 rings (SSSR count). The van der Waals surface area contributed by atoms with Crippen molar-refractivity contribution in [2.75, 3.05) is 0 Å². The van der Waals surface area contributed by atoms with E-state index in [0.717, 1.165) is 6.42 Å². The molecule has 0 fully saturated rings. The minimum absolute atomic E-state index is 0.00874. The van der Waals surface area contributed by atoms with Crippen LogP contribution in [-0.4, -0.2) is 11.0 Å². The van der Waals surface area contributed by atoms with Gasteiger partial charge in [0, 0.05) is 17.7 Å². The van der Waals surface area contributed by atoms with Gasteiger partial charge >= 0.3 is 8.03 Å². The van der Waals surface area contributed by atoms with Crippen LogP contribution in [0.3, 0.4) is 0 Å². The van der Waals surface area contributed by atoms with Crippen LogP contribution in [0.2, 0.25) is 0 Å². The van der Waals surface area contributed by atoms with Gasteiger partial charge in [-0.2, -0.15) is 0 Å². The normalized spacial score (nSPS) is 13.2. The highest BCUT2D eigenvalue weighted by Crippen LogP contribution is 2.31. The molecule has 5 nitrogen and oxygen atoms in total. The number of nitro groups is 1. The van der Waals surface area contributed by atoms with Crippen LogP contribution in [0.5, 0.6) is 0 Å². The van der Waals surface area contributed by atoms with Crippen molar-refractivity contribution in [2.24, 2.45) is 0 Å². The highest BCUT2D eigenvalue weighted by molar-refractivity contribution is 7.38. The monoisotopic (exact) mass is 256 g/mol. The Morgan fingerprint density at radius 1 is 1.53 bits per heavy atom. The van der Waals surface area contributed by atoms with Crippen molar-refractivity contribution < 1.29 is 14.0 Å². The van der Waals surface area contributed by atoms with Crippen LogP contribution in [-0.2, 0) is 15.3 Å². The second-order valence-corrected chi connectivity index (χ2v) is 4.93. The molecule has 1 aromatic rings. The number of hydrogen-bond acceptors (Lipinski definition) is 4. The lowest BCUT2D eigenvalue weighted by Gasteiger charge is -1.99. The fraction of sp³-hybridized carbons (Fsp3) is 0.455. The fourth-order valence-corrected chi connectivity index (χ4v) is 2.35. The van der Waals surface area contributed by atoms with Gasteiger partial charge in [0.15, 0.2) is 0 Å². The number of nitro benzene ring substituents is 1. The first-order valence-electron chi connectivity index (χ1n) is 5.37. The van der Waals surface area contributed by atoms with Gasteiger partial charge in [0.1, 0.15) is 6.10 Å². The molecule has 1 aromatic carbocycles. The molecule has 6 heteroatoms. The molecular formula is C11H15NO4P+. The molecule has 0 saturated carbocycles. The summed E-state index contributed by atoms with van der Waals surface area (Å²) < 4.78 is 16.9. The maximum Gasteiger partial charge on any atom is 0.513 e. The predicted octanol–water partition coefficient (Wildman–Crippen LogP) is 3.65. The molecule has 1 unspecified atom stereocenters. The summed E-state index contributed by atoms with van der Waals surface area (Å²) in [5.41, 5.74) is 0.665. The van der Waals surface area contributed by atoms with Crippen LogP contribution in [0.1, 0.15) is 25.8 Å². The summed E-state index contributed by atoms with van der Waals surface area (Å²) in [5.74, 6) is 0. The molecule has 0 N–H and O–H groups in total. The van der Waals surface area contributed by atoms with Gasteiger partial charge in [-0.3, -0.25) is 10.1 Å². The van der Waals surface area contributed by atoms with E-state index in [1.807, 2.05) is 13.8 Å². The maximum atomic E-state index is 11.6. The molecule has 92 valence electrons. The molecule has 0 bridgehead atoms. The van der Waals surface area contributed by atoms with Crippen molar-refractivity contribution in [2.45, 2.75) is 32.5 Å². The van der Waals surface area contributed by atoms with Gasteiger partial charge in [-0.15, -0.1) is 4.52 Å². The summed E-state index contributed by atoms with van der Waals surface area (Å²) >= 11 is 0. The molecule has 2 atom stereocenters. The van der Waals surface area contributed by atoms with E-state index in [4.69, 9.17) is 4.52 Å². The zero-order valence-electron chi connectivity index (χ0n) is 9.83. The molecular weight excluding hydrogens is 241 g/mol. The van der Waals surface area contributed by atoms with Crippen LogP contribution in [0, 0.1) is 10.1 Å². The summed E-state index contributed by atoms with van der Waals surface area (Å²) in [5, 5.41) is 10.6. The van der Waals surface area contributed by atoms with E-state index in [1.165, 1.54) is 12.1 Å². The van der Waals surface area contributed by atoms with Crippen molar-refractivity contribution in [3.63, 3.8) is 0 Å². The van der Waals surface area contributed by atoms with E-state index < -0.39 is 13.0 Å². The van der Waals surface area contributed by atoms with Crippen molar-refractivity contribution in [3.05, 3.63) is 39.9 Å². The zero-order valence-corrected chi connectivity index (χ0v) is 10.7. The molecule has 0 aromatic heterocycles. The minimum Gasteiger partial charge on any atom is -0.258 e. The average molecular weight is 256 g/mol. The molecule has 0 heterocycles. The Bertz CT molecular complexity index is 422. The van der Waals surface area contributed by atoms with E-state index in [-0.39, 0.29) is 18.0 Å². The quantitative estimate of drug-likeness (QED) is 0.442. The van der Waals surface area contributed by atoms with Gasteiger partial charge in [0.05, 0.1) is 4.92 Å². The van der Waals surface area contributed by atoms with Gasteiger partial charge < -0.3 is 0 Å². The number of rotatable bonds is 6. The molecule has 0 aliphatic heterocycles. The molecule has 0 amide bonds. The van der Waals surface area contributed by atoms with Crippen LogP contribution >= 0.6 is 8.03 Å². The largest absolute Gasteiger partial charge is 0.513 e. The van der Waals surface area contributed by atoms with Crippen LogP contribution < -0.4 is 0 Å². The number of benzene rings is 1. The van der Waals surface area contributed by atoms with E-state index in [2.05, 4.69) is 0 Å². The summed E-state index contributed by atoms with van der Waals surface area (Å²) in [6.07, 6.45) is 0.939. The minimum atomic E-state index is -1.81. The van der Waals surface area contributed by atoms with Crippen molar-refractivity contribution in [3.8, 4) is 0 Å². The number of nitrogens with zero attached hydrogens (tertiary/aromatic N) is 1. The summed E-state index contributed by atoms with van der Waals surface area (Å²) in [6, 6.07) is 6.12. The second kappa shape index (κ2) is 6.42. The Kier molecular flexibility index (Phi) is 5.19. The molecule has 0 spiro atoms. The number of non-ortho nitro benzene ring substituents is 1. The van der Waals surface area contributed by atoms with Crippen LogP contribution in [0.25, 0.3) is 0 Å². The van der Waals surface area contributed by atoms with E-state index in [0.29, 0.717) is 5.56 Å². The lowest BCUT2D eigenvalue weighted by Crippen LogP contribution is -2.00. The van der Waals surface area contributed by atoms with E-state index in [9.17, 15) is 14.7 Å². The predicted molar refractivity (Wildman–Crippen MR) is 65.2 cm³/mol. The summed E-state index contributed by atoms with van der Waals surface area (Å²) in [6.45, 7) is 3.79. The van der Waals surface area contributed by atoms with Crippen molar-refractivity contribution in [1.82, 2.24) is 0 Å².